The minimum Gasteiger partial charge on any atom is -0.288 e. The lowest BCUT2D eigenvalue weighted by Gasteiger charge is -2.29. The molecule has 0 aliphatic heterocycles. The number of benzene rings is 1. The minimum absolute atomic E-state index is 0.0447. The first kappa shape index (κ1) is 20.5. The van der Waals surface area contributed by atoms with Gasteiger partial charge in [-0.05, 0) is 32.8 Å². The lowest BCUT2D eigenvalue weighted by atomic mass is 9.90. The quantitative estimate of drug-likeness (QED) is 0.637. The van der Waals surface area contributed by atoms with Gasteiger partial charge in [0.05, 0.1) is 5.54 Å². The molecule has 0 fully saturated rings. The molecule has 1 aromatic rings. The molecule has 0 bridgehead atoms. The van der Waals surface area contributed by atoms with Crippen molar-refractivity contribution >= 4 is 28.2 Å². The number of nitrogens with one attached hydrogen (secondary N) is 1. The van der Waals surface area contributed by atoms with E-state index in [0.717, 1.165) is 12.8 Å². The molecule has 0 aliphatic rings. The third-order valence-electron chi connectivity index (χ3n) is 3.78. The molecule has 2 N–H and O–H groups in total. The van der Waals surface area contributed by atoms with Crippen molar-refractivity contribution in [3.8, 4) is 0 Å². The van der Waals surface area contributed by atoms with Crippen LogP contribution >= 0.6 is 11.8 Å². The minimum atomic E-state index is -1.02. The standard InChI is InChI=1S/C17H27FNO2S2/c1-5-8-13(2)23(21)19-17(4,11-12-22-14(3)20)15-9-6-7-10-16(15)18/h6-7,9-10,13,19,21H,5,8,11-12H2,1-4H3/q+1/t13?,17-,23?/m0/s1. The van der Waals surface area contributed by atoms with Gasteiger partial charge >= 0.3 is 0 Å². The van der Waals surface area contributed by atoms with Crippen molar-refractivity contribution in [3.63, 3.8) is 0 Å². The molecule has 1 rings (SSSR count). The van der Waals surface area contributed by atoms with E-state index in [4.69, 9.17) is 0 Å². The predicted molar refractivity (Wildman–Crippen MR) is 99.0 cm³/mol. The van der Waals surface area contributed by atoms with Gasteiger partial charge in [0.2, 0.25) is 11.4 Å². The summed E-state index contributed by atoms with van der Waals surface area (Å²) in [7, 11) is 0. The van der Waals surface area contributed by atoms with E-state index < -0.39 is 16.9 Å². The van der Waals surface area contributed by atoms with E-state index in [9.17, 15) is 13.7 Å². The molecule has 23 heavy (non-hydrogen) atoms. The maximum Gasteiger partial charge on any atom is 0.238 e. The van der Waals surface area contributed by atoms with Crippen molar-refractivity contribution in [3.05, 3.63) is 35.6 Å². The summed E-state index contributed by atoms with van der Waals surface area (Å²) in [4.78, 5) is 11.2. The van der Waals surface area contributed by atoms with E-state index in [1.807, 2.05) is 13.8 Å². The predicted octanol–water partition coefficient (Wildman–Crippen LogP) is 4.50. The van der Waals surface area contributed by atoms with Crippen molar-refractivity contribution in [2.24, 2.45) is 0 Å². The Bertz CT molecular complexity index is 515. The Hall–Kier alpha value is -0.560. The van der Waals surface area contributed by atoms with Crippen LogP contribution in [0.3, 0.4) is 0 Å². The molecule has 0 aromatic heterocycles. The summed E-state index contributed by atoms with van der Waals surface area (Å²) < 4.78 is 28.0. The second kappa shape index (κ2) is 9.67. The summed E-state index contributed by atoms with van der Waals surface area (Å²) in [5.41, 5.74) is -0.187. The zero-order valence-corrected chi connectivity index (χ0v) is 15.9. The molecule has 2 unspecified atom stereocenters. The van der Waals surface area contributed by atoms with Gasteiger partial charge in [-0.15, -0.1) is 0 Å². The van der Waals surface area contributed by atoms with Crippen LogP contribution in [0, 0.1) is 5.82 Å². The summed E-state index contributed by atoms with van der Waals surface area (Å²) in [5, 5.41) is 0.148. The van der Waals surface area contributed by atoms with Crippen molar-refractivity contribution in [2.75, 3.05) is 5.75 Å². The average Bonchev–Trinajstić information content (AvgIpc) is 2.47. The highest BCUT2D eigenvalue weighted by Crippen LogP contribution is 2.30. The lowest BCUT2D eigenvalue weighted by Crippen LogP contribution is -2.47. The van der Waals surface area contributed by atoms with Gasteiger partial charge in [-0.25, -0.2) is 4.39 Å². The first-order chi connectivity index (χ1) is 10.8. The van der Waals surface area contributed by atoms with Crippen molar-refractivity contribution in [1.29, 1.82) is 0 Å². The molecule has 1 aromatic carbocycles. The van der Waals surface area contributed by atoms with Crippen LogP contribution in [0.2, 0.25) is 0 Å². The molecule has 130 valence electrons. The van der Waals surface area contributed by atoms with E-state index >= 15 is 0 Å². The second-order valence-electron chi connectivity index (χ2n) is 5.92. The summed E-state index contributed by atoms with van der Waals surface area (Å²) in [6.45, 7) is 7.48. The van der Waals surface area contributed by atoms with Gasteiger partial charge in [-0.3, -0.25) is 4.79 Å². The van der Waals surface area contributed by atoms with E-state index in [0.29, 0.717) is 17.7 Å². The van der Waals surface area contributed by atoms with Gasteiger partial charge in [-0.2, -0.15) is 4.55 Å². The summed E-state index contributed by atoms with van der Waals surface area (Å²) >= 11 is 0.207. The number of carbonyl (C=O) groups excluding carboxylic acids is 1. The molecule has 0 saturated heterocycles. The number of carbonyl (C=O) groups is 1. The lowest BCUT2D eigenvalue weighted by molar-refractivity contribution is -0.109. The topological polar surface area (TPSA) is 49.3 Å². The highest BCUT2D eigenvalue weighted by atomic mass is 32.2. The molecule has 3 atom stereocenters. The maximum absolute atomic E-state index is 14.3. The van der Waals surface area contributed by atoms with E-state index in [1.165, 1.54) is 24.8 Å². The van der Waals surface area contributed by atoms with Crippen LogP contribution in [-0.4, -0.2) is 20.7 Å². The fourth-order valence-corrected chi connectivity index (χ4v) is 4.53. The number of thioether (sulfide) groups is 1. The van der Waals surface area contributed by atoms with Crippen LogP contribution in [0.4, 0.5) is 4.39 Å². The number of halogens is 1. The van der Waals surface area contributed by atoms with E-state index in [-0.39, 0.29) is 16.2 Å². The Labute approximate surface area is 146 Å². The zero-order chi connectivity index (χ0) is 17.5. The summed E-state index contributed by atoms with van der Waals surface area (Å²) in [5.74, 6) is 0.280. The number of hydrogen-bond acceptors (Lipinski definition) is 4. The van der Waals surface area contributed by atoms with Crippen molar-refractivity contribution in [2.45, 2.75) is 57.7 Å². The van der Waals surface area contributed by atoms with Crippen LogP contribution in [0.5, 0.6) is 0 Å². The number of hydrogen-bond donors (Lipinski definition) is 2. The third-order valence-corrected chi connectivity index (χ3v) is 6.25. The van der Waals surface area contributed by atoms with Gasteiger partial charge in [0.25, 0.3) is 0 Å². The van der Waals surface area contributed by atoms with Gasteiger partial charge in [0.15, 0.2) is 10.4 Å². The highest BCUT2D eigenvalue weighted by molar-refractivity contribution is 8.13. The van der Waals surface area contributed by atoms with Crippen molar-refractivity contribution < 1.29 is 13.7 Å². The molecule has 3 nitrogen and oxygen atoms in total. The maximum atomic E-state index is 14.3. The average molecular weight is 361 g/mol. The Morgan fingerprint density at radius 1 is 1.48 bits per heavy atom. The second-order valence-corrected chi connectivity index (χ2v) is 8.83. The fourth-order valence-electron chi connectivity index (χ4n) is 2.40. The molecule has 0 radical (unpaired) electrons. The van der Waals surface area contributed by atoms with Gasteiger partial charge in [-0.1, -0.05) is 48.0 Å². The monoisotopic (exact) mass is 360 g/mol. The Morgan fingerprint density at radius 3 is 2.70 bits per heavy atom. The van der Waals surface area contributed by atoms with Crippen LogP contribution in [0.15, 0.2) is 24.3 Å². The van der Waals surface area contributed by atoms with Gasteiger partial charge in [0.1, 0.15) is 5.82 Å². The normalized spacial score (nSPS) is 16.6. The Balaban J connectivity index is 2.96. The molecular weight excluding hydrogens is 333 g/mol. The van der Waals surface area contributed by atoms with E-state index in [2.05, 4.69) is 11.6 Å². The smallest absolute Gasteiger partial charge is 0.238 e. The van der Waals surface area contributed by atoms with Crippen LogP contribution in [-0.2, 0) is 21.7 Å². The van der Waals surface area contributed by atoms with Gasteiger partial charge in [0, 0.05) is 18.2 Å². The third kappa shape index (κ3) is 6.45. The summed E-state index contributed by atoms with van der Waals surface area (Å²) in [6, 6.07) is 6.62. The highest BCUT2D eigenvalue weighted by Gasteiger charge is 2.39. The Morgan fingerprint density at radius 2 is 2.13 bits per heavy atom. The molecule has 0 spiro atoms. The largest absolute Gasteiger partial charge is 0.288 e. The molecule has 0 amide bonds. The molecular formula is C17H27FNO2S2+. The molecule has 6 heteroatoms. The van der Waals surface area contributed by atoms with Crippen LogP contribution in [0.25, 0.3) is 0 Å². The molecule has 0 heterocycles. The van der Waals surface area contributed by atoms with Crippen LogP contribution < -0.4 is 4.72 Å². The first-order valence-electron chi connectivity index (χ1n) is 7.88. The number of rotatable bonds is 9. The zero-order valence-electron chi connectivity index (χ0n) is 14.3. The first-order valence-corrected chi connectivity index (χ1v) is 10.1. The summed E-state index contributed by atoms with van der Waals surface area (Å²) in [6.07, 6.45) is 2.45. The molecule has 0 aliphatic carbocycles. The van der Waals surface area contributed by atoms with Crippen LogP contribution in [0.1, 0.15) is 52.5 Å². The SMILES string of the molecule is CCCC(C)[S+](O)N[C@@](C)(CCSC(C)=O)c1ccccc1F. The van der Waals surface area contributed by atoms with E-state index in [1.54, 1.807) is 18.2 Å². The van der Waals surface area contributed by atoms with Crippen molar-refractivity contribution in [1.82, 2.24) is 4.72 Å². The fraction of sp³-hybridized carbons (Fsp3) is 0.588. The molecule has 0 saturated carbocycles. The van der Waals surface area contributed by atoms with Gasteiger partial charge < -0.3 is 0 Å². The Kier molecular flexibility index (Phi) is 8.61.